The first-order valence-corrected chi connectivity index (χ1v) is 10.5. The van der Waals surface area contributed by atoms with Gasteiger partial charge in [-0.15, -0.1) is 18.3 Å². The lowest BCUT2D eigenvalue weighted by Crippen LogP contribution is -2.25. The summed E-state index contributed by atoms with van der Waals surface area (Å²) in [6, 6.07) is 3.78. The minimum Gasteiger partial charge on any atom is -0.386 e. The molecule has 4 aromatic rings. The fraction of sp³-hybridized carbons (Fsp3) is 0.273. The van der Waals surface area contributed by atoms with E-state index in [4.69, 9.17) is 0 Å². The standard InChI is InChI=1S/C22H16F4N8O2/c1-21(12-7-30-33(2)10-12)5-14(15-9-28-17-4-16(23)32-34(17)18(15)21)19(35)31-13-3-11(6-27)20(29-8-13)36-22(24,25)26/h3-4,7-10,14H,5H2,1-2H3,(H,31,35)/t14-,21+/m0/s1. The first-order valence-electron chi connectivity index (χ1n) is 10.5. The Bertz CT molecular complexity index is 1550. The van der Waals surface area contributed by atoms with Gasteiger partial charge in [0, 0.05) is 42.0 Å². The molecule has 0 radical (unpaired) electrons. The predicted octanol–water partition coefficient (Wildman–Crippen LogP) is 3.20. The molecule has 36 heavy (non-hydrogen) atoms. The van der Waals surface area contributed by atoms with E-state index in [-0.39, 0.29) is 17.8 Å². The summed E-state index contributed by atoms with van der Waals surface area (Å²) in [6.07, 6.45) is 1.10. The summed E-state index contributed by atoms with van der Waals surface area (Å²) in [5.74, 6) is -2.96. The number of nitrogens with zero attached hydrogens (tertiary/aromatic N) is 7. The van der Waals surface area contributed by atoms with Crippen molar-refractivity contribution < 1.29 is 27.1 Å². The van der Waals surface area contributed by atoms with Gasteiger partial charge in [-0.3, -0.25) is 9.48 Å². The number of anilines is 1. The van der Waals surface area contributed by atoms with Gasteiger partial charge in [-0.1, -0.05) is 0 Å². The number of ether oxygens (including phenoxy) is 1. The quantitative estimate of drug-likeness (QED) is 0.427. The number of aryl methyl sites for hydroxylation is 1. The molecule has 0 bridgehead atoms. The molecule has 5 rings (SSSR count). The van der Waals surface area contributed by atoms with Gasteiger partial charge >= 0.3 is 6.36 Å². The van der Waals surface area contributed by atoms with Crippen LogP contribution in [0.2, 0.25) is 0 Å². The van der Waals surface area contributed by atoms with Crippen LogP contribution in [0.5, 0.6) is 5.88 Å². The van der Waals surface area contributed by atoms with Gasteiger partial charge in [0.15, 0.2) is 5.65 Å². The molecule has 0 spiro atoms. The fourth-order valence-electron chi connectivity index (χ4n) is 4.56. The van der Waals surface area contributed by atoms with Crippen LogP contribution in [0, 0.1) is 17.3 Å². The summed E-state index contributed by atoms with van der Waals surface area (Å²) in [5, 5.41) is 20.0. The van der Waals surface area contributed by atoms with Crippen molar-refractivity contribution in [3.05, 3.63) is 65.3 Å². The third kappa shape index (κ3) is 3.88. The van der Waals surface area contributed by atoms with Crippen LogP contribution in [-0.4, -0.2) is 41.6 Å². The zero-order chi connectivity index (χ0) is 25.8. The Labute approximate surface area is 200 Å². The number of nitriles is 1. The molecule has 0 saturated heterocycles. The van der Waals surface area contributed by atoms with Gasteiger partial charge in [0.05, 0.1) is 29.7 Å². The molecule has 10 nitrogen and oxygen atoms in total. The van der Waals surface area contributed by atoms with E-state index in [0.717, 1.165) is 17.8 Å². The third-order valence-electron chi connectivity index (χ3n) is 6.10. The van der Waals surface area contributed by atoms with Gasteiger partial charge in [0.25, 0.3) is 0 Å². The molecule has 0 saturated carbocycles. The molecule has 1 aliphatic carbocycles. The van der Waals surface area contributed by atoms with Crippen molar-refractivity contribution in [2.75, 3.05) is 5.32 Å². The average Bonchev–Trinajstić information content (AvgIpc) is 3.49. The Kier molecular flexibility index (Phi) is 5.16. The van der Waals surface area contributed by atoms with Crippen LogP contribution in [-0.2, 0) is 17.3 Å². The van der Waals surface area contributed by atoms with Gasteiger partial charge in [0.1, 0.15) is 11.6 Å². The van der Waals surface area contributed by atoms with Crippen LogP contribution < -0.4 is 10.1 Å². The Morgan fingerprint density at radius 1 is 1.28 bits per heavy atom. The van der Waals surface area contributed by atoms with Crippen molar-refractivity contribution in [3.8, 4) is 11.9 Å². The van der Waals surface area contributed by atoms with E-state index in [0.29, 0.717) is 11.3 Å². The number of nitrogens with one attached hydrogen (secondary N) is 1. The molecule has 1 amide bonds. The van der Waals surface area contributed by atoms with E-state index in [1.54, 1.807) is 30.2 Å². The zero-order valence-corrected chi connectivity index (χ0v) is 18.7. The Morgan fingerprint density at radius 2 is 2.06 bits per heavy atom. The highest BCUT2D eigenvalue weighted by Gasteiger charge is 2.47. The zero-order valence-electron chi connectivity index (χ0n) is 18.7. The summed E-state index contributed by atoms with van der Waals surface area (Å²) in [5.41, 5.74) is 0.798. The number of amides is 1. The largest absolute Gasteiger partial charge is 0.574 e. The lowest BCUT2D eigenvalue weighted by Gasteiger charge is -2.24. The van der Waals surface area contributed by atoms with Gasteiger partial charge < -0.3 is 10.1 Å². The SMILES string of the molecule is Cn1cc([C@@]2(C)C[C@H](C(=O)Nc3cnc(OC(F)(F)F)c(C#N)c3)c3cnc4cc(F)nn4c32)cn1. The molecular weight excluding hydrogens is 484 g/mol. The first kappa shape index (κ1) is 23.2. The minimum absolute atomic E-state index is 0.00164. The predicted molar refractivity (Wildman–Crippen MR) is 114 cm³/mol. The highest BCUT2D eigenvalue weighted by molar-refractivity contribution is 5.97. The van der Waals surface area contributed by atoms with Crippen molar-refractivity contribution in [2.45, 2.75) is 31.0 Å². The molecule has 0 aromatic carbocycles. The van der Waals surface area contributed by atoms with E-state index in [1.807, 2.05) is 6.92 Å². The fourth-order valence-corrected chi connectivity index (χ4v) is 4.56. The second-order valence-corrected chi connectivity index (χ2v) is 8.52. The van der Waals surface area contributed by atoms with E-state index < -0.39 is 41.0 Å². The molecule has 2 atom stereocenters. The van der Waals surface area contributed by atoms with Crippen LogP contribution in [0.4, 0.5) is 23.2 Å². The second kappa shape index (κ2) is 8.01. The number of alkyl halides is 3. The first-order chi connectivity index (χ1) is 17.0. The maximum Gasteiger partial charge on any atom is 0.574 e. The number of rotatable bonds is 4. The van der Waals surface area contributed by atoms with Crippen LogP contribution in [0.15, 0.2) is 36.9 Å². The molecule has 0 unspecified atom stereocenters. The van der Waals surface area contributed by atoms with Crippen LogP contribution in [0.25, 0.3) is 5.65 Å². The number of carbonyl (C=O) groups is 1. The Hall–Kier alpha value is -4.54. The van der Waals surface area contributed by atoms with Crippen molar-refractivity contribution in [3.63, 3.8) is 0 Å². The Balaban J connectivity index is 1.53. The highest BCUT2D eigenvalue weighted by Crippen LogP contribution is 2.49. The summed E-state index contributed by atoms with van der Waals surface area (Å²) in [7, 11) is 1.74. The molecular formula is C22H16F4N8O2. The topological polar surface area (TPSA) is 123 Å². The number of pyridine rings is 1. The summed E-state index contributed by atoms with van der Waals surface area (Å²) in [4.78, 5) is 21.1. The number of hydrogen-bond donors (Lipinski definition) is 1. The van der Waals surface area contributed by atoms with Gasteiger partial charge in [0.2, 0.25) is 17.7 Å². The van der Waals surface area contributed by atoms with Crippen LogP contribution in [0.3, 0.4) is 0 Å². The monoisotopic (exact) mass is 500 g/mol. The summed E-state index contributed by atoms with van der Waals surface area (Å²) < 4.78 is 58.4. The molecule has 184 valence electrons. The Morgan fingerprint density at radius 3 is 2.72 bits per heavy atom. The second-order valence-electron chi connectivity index (χ2n) is 8.52. The molecule has 1 aliphatic rings. The average molecular weight is 500 g/mol. The maximum absolute atomic E-state index is 14.0. The van der Waals surface area contributed by atoms with Crippen LogP contribution >= 0.6 is 0 Å². The smallest absolute Gasteiger partial charge is 0.386 e. The molecule has 0 fully saturated rings. The molecule has 4 heterocycles. The molecule has 4 aromatic heterocycles. The minimum atomic E-state index is -5.03. The van der Waals surface area contributed by atoms with Crippen molar-refractivity contribution in [2.24, 2.45) is 7.05 Å². The number of fused-ring (bicyclic) bond motifs is 3. The summed E-state index contributed by atoms with van der Waals surface area (Å²) >= 11 is 0. The highest BCUT2D eigenvalue weighted by atomic mass is 19.4. The number of hydrogen-bond acceptors (Lipinski definition) is 7. The molecule has 14 heteroatoms. The van der Waals surface area contributed by atoms with Crippen molar-refractivity contribution in [1.82, 2.24) is 29.4 Å². The van der Waals surface area contributed by atoms with Crippen LogP contribution in [0.1, 0.15) is 41.6 Å². The van der Waals surface area contributed by atoms with E-state index in [9.17, 15) is 27.6 Å². The van der Waals surface area contributed by atoms with E-state index in [1.165, 1.54) is 16.8 Å². The van der Waals surface area contributed by atoms with E-state index in [2.05, 4.69) is 30.2 Å². The number of carbonyl (C=O) groups excluding carboxylic acids is 1. The van der Waals surface area contributed by atoms with Gasteiger partial charge in [-0.25, -0.2) is 14.5 Å². The number of aromatic nitrogens is 6. The van der Waals surface area contributed by atoms with Crippen molar-refractivity contribution >= 4 is 17.2 Å². The van der Waals surface area contributed by atoms with Gasteiger partial charge in [-0.05, 0) is 19.4 Å². The third-order valence-corrected chi connectivity index (χ3v) is 6.10. The maximum atomic E-state index is 14.0. The molecule has 0 aliphatic heterocycles. The molecule has 1 N–H and O–H groups in total. The van der Waals surface area contributed by atoms with Crippen molar-refractivity contribution in [1.29, 1.82) is 5.26 Å². The normalized spacial score (nSPS) is 19.2. The summed E-state index contributed by atoms with van der Waals surface area (Å²) in [6.45, 7) is 1.88. The van der Waals surface area contributed by atoms with Gasteiger partial charge in [-0.2, -0.15) is 14.8 Å². The van der Waals surface area contributed by atoms with E-state index >= 15 is 0 Å². The number of halogens is 4. The lowest BCUT2D eigenvalue weighted by molar-refractivity contribution is -0.276. The lowest BCUT2D eigenvalue weighted by atomic mass is 9.80.